The Kier molecular flexibility index (Phi) is 5.02. The molecule has 0 N–H and O–H groups in total. The van der Waals surface area contributed by atoms with E-state index in [0.29, 0.717) is 25.9 Å². The smallest absolute Gasteiger partial charge is 0.281 e. The number of piperidine rings is 1. The van der Waals surface area contributed by atoms with Crippen LogP contribution in [-0.2, 0) is 10.2 Å². The van der Waals surface area contributed by atoms with Crippen LogP contribution in [0.2, 0.25) is 0 Å². The van der Waals surface area contributed by atoms with Crippen molar-refractivity contribution in [1.82, 2.24) is 28.8 Å². The first-order chi connectivity index (χ1) is 11.9. The molecule has 1 fully saturated rings. The Morgan fingerprint density at radius 2 is 1.80 bits per heavy atom. The van der Waals surface area contributed by atoms with Gasteiger partial charge in [-0.25, -0.2) is 0 Å². The summed E-state index contributed by atoms with van der Waals surface area (Å²) in [7, 11) is 1.34. The largest absolute Gasteiger partial charge is 0.497 e. The topological polar surface area (TPSA) is 93.5 Å². The van der Waals surface area contributed by atoms with E-state index >= 15 is 0 Å². The van der Waals surface area contributed by atoms with Crippen molar-refractivity contribution in [2.75, 3.05) is 34.3 Å². The molecule has 25 heavy (non-hydrogen) atoms. The molecule has 2 aromatic rings. The van der Waals surface area contributed by atoms with Gasteiger partial charge in [0, 0.05) is 33.1 Å². The van der Waals surface area contributed by atoms with Crippen LogP contribution in [-0.4, -0.2) is 71.5 Å². The summed E-state index contributed by atoms with van der Waals surface area (Å²) in [4.78, 5) is 0. The van der Waals surface area contributed by atoms with Gasteiger partial charge in [-0.2, -0.15) is 21.7 Å². The van der Waals surface area contributed by atoms with E-state index in [1.807, 2.05) is 24.3 Å². The summed E-state index contributed by atoms with van der Waals surface area (Å²) in [6.07, 6.45) is 1.37. The van der Waals surface area contributed by atoms with Crippen LogP contribution in [0.5, 0.6) is 5.75 Å². The van der Waals surface area contributed by atoms with Crippen molar-refractivity contribution in [2.45, 2.75) is 18.8 Å². The van der Waals surface area contributed by atoms with Crippen LogP contribution in [0.15, 0.2) is 24.3 Å². The number of tetrazole rings is 1. The first kappa shape index (κ1) is 17.8. The summed E-state index contributed by atoms with van der Waals surface area (Å²) in [6, 6.07) is 7.49. The summed E-state index contributed by atoms with van der Waals surface area (Å²) in [6.45, 7) is 0.918. The predicted octanol–water partition coefficient (Wildman–Crippen LogP) is 0.657. The van der Waals surface area contributed by atoms with Gasteiger partial charge in [0.1, 0.15) is 5.75 Å². The standard InChI is InChI=1S/C15H22N6O3S/c1-19(2)25(22,23)20-10-8-12(9-11-20)15-16-17-18-21(15)13-4-6-14(24-3)7-5-13/h4-7,12H,8-11H2,1-3H3. The van der Waals surface area contributed by atoms with E-state index in [-0.39, 0.29) is 5.92 Å². The van der Waals surface area contributed by atoms with Crippen LogP contribution in [0, 0.1) is 0 Å². The third-order valence-corrected chi connectivity index (χ3v) is 6.36. The van der Waals surface area contributed by atoms with E-state index in [9.17, 15) is 8.42 Å². The number of nitrogens with zero attached hydrogens (tertiary/aromatic N) is 6. The summed E-state index contributed by atoms with van der Waals surface area (Å²) in [5.74, 6) is 1.64. The van der Waals surface area contributed by atoms with Gasteiger partial charge in [0.2, 0.25) is 0 Å². The van der Waals surface area contributed by atoms with E-state index in [0.717, 1.165) is 17.3 Å². The Morgan fingerprint density at radius 3 is 2.36 bits per heavy atom. The van der Waals surface area contributed by atoms with Crippen LogP contribution >= 0.6 is 0 Å². The Hall–Kier alpha value is -2.04. The highest BCUT2D eigenvalue weighted by Crippen LogP contribution is 2.29. The fourth-order valence-electron chi connectivity index (χ4n) is 2.93. The molecule has 0 radical (unpaired) electrons. The minimum atomic E-state index is -3.37. The average molecular weight is 366 g/mol. The van der Waals surface area contributed by atoms with Gasteiger partial charge >= 0.3 is 0 Å². The zero-order valence-electron chi connectivity index (χ0n) is 14.5. The van der Waals surface area contributed by atoms with E-state index in [2.05, 4.69) is 15.5 Å². The minimum Gasteiger partial charge on any atom is -0.497 e. The molecule has 0 unspecified atom stereocenters. The van der Waals surface area contributed by atoms with Crippen LogP contribution < -0.4 is 4.74 Å². The monoisotopic (exact) mass is 366 g/mol. The molecule has 0 saturated carbocycles. The van der Waals surface area contributed by atoms with Crippen LogP contribution in [0.3, 0.4) is 0 Å². The zero-order chi connectivity index (χ0) is 18.0. The van der Waals surface area contributed by atoms with Crippen molar-refractivity contribution in [2.24, 2.45) is 0 Å². The van der Waals surface area contributed by atoms with Crippen molar-refractivity contribution < 1.29 is 13.2 Å². The lowest BCUT2D eigenvalue weighted by Crippen LogP contribution is -2.44. The summed E-state index contributed by atoms with van der Waals surface area (Å²) >= 11 is 0. The molecule has 9 nitrogen and oxygen atoms in total. The van der Waals surface area contributed by atoms with Gasteiger partial charge in [-0.05, 0) is 47.5 Å². The van der Waals surface area contributed by atoms with Gasteiger partial charge in [0.15, 0.2) is 5.82 Å². The van der Waals surface area contributed by atoms with Gasteiger partial charge in [0.05, 0.1) is 12.8 Å². The molecule has 1 aromatic carbocycles. The number of hydrogen-bond donors (Lipinski definition) is 0. The molecular weight excluding hydrogens is 344 g/mol. The second-order valence-corrected chi connectivity index (χ2v) is 8.25. The van der Waals surface area contributed by atoms with Gasteiger partial charge in [0.25, 0.3) is 10.2 Å². The van der Waals surface area contributed by atoms with Gasteiger partial charge in [-0.3, -0.25) is 0 Å². The lowest BCUT2D eigenvalue weighted by Gasteiger charge is -2.32. The van der Waals surface area contributed by atoms with Crippen molar-refractivity contribution in [3.63, 3.8) is 0 Å². The number of methoxy groups -OCH3 is 1. The molecule has 1 aliphatic heterocycles. The number of aromatic nitrogens is 4. The summed E-state index contributed by atoms with van der Waals surface area (Å²) in [5, 5.41) is 12.1. The highest BCUT2D eigenvalue weighted by atomic mass is 32.2. The van der Waals surface area contributed by atoms with Crippen LogP contribution in [0.1, 0.15) is 24.6 Å². The molecule has 0 aliphatic carbocycles. The molecule has 0 atom stereocenters. The normalized spacial score (nSPS) is 17.1. The minimum absolute atomic E-state index is 0.116. The highest BCUT2D eigenvalue weighted by molar-refractivity contribution is 7.86. The van der Waals surface area contributed by atoms with E-state index < -0.39 is 10.2 Å². The number of hydrogen-bond acceptors (Lipinski definition) is 6. The molecule has 0 spiro atoms. The maximum atomic E-state index is 12.2. The lowest BCUT2D eigenvalue weighted by atomic mass is 9.97. The van der Waals surface area contributed by atoms with Crippen LogP contribution in [0.4, 0.5) is 0 Å². The quantitative estimate of drug-likeness (QED) is 0.772. The Bertz CT molecular complexity index is 810. The molecule has 2 heterocycles. The molecule has 1 saturated heterocycles. The fraction of sp³-hybridized carbons (Fsp3) is 0.533. The molecule has 1 aromatic heterocycles. The van der Waals surface area contributed by atoms with E-state index in [1.54, 1.807) is 25.9 Å². The van der Waals surface area contributed by atoms with Crippen molar-refractivity contribution in [3.05, 3.63) is 30.1 Å². The number of benzene rings is 1. The molecule has 136 valence electrons. The molecule has 3 rings (SSSR count). The number of rotatable bonds is 5. The number of ether oxygens (including phenoxy) is 1. The summed E-state index contributed by atoms with van der Waals surface area (Å²) in [5.41, 5.74) is 0.851. The maximum Gasteiger partial charge on any atom is 0.281 e. The highest BCUT2D eigenvalue weighted by Gasteiger charge is 2.32. The third kappa shape index (κ3) is 3.51. The van der Waals surface area contributed by atoms with Gasteiger partial charge in [-0.1, -0.05) is 0 Å². The SMILES string of the molecule is COc1ccc(-n2nnnc2C2CCN(S(=O)(=O)N(C)C)CC2)cc1. The fourth-order valence-corrected chi connectivity index (χ4v) is 4.07. The van der Waals surface area contributed by atoms with Crippen molar-refractivity contribution in [1.29, 1.82) is 0 Å². The molecule has 0 amide bonds. The maximum absolute atomic E-state index is 12.2. The Labute approximate surface area is 147 Å². The van der Waals surface area contributed by atoms with E-state index in [4.69, 9.17) is 4.74 Å². The summed E-state index contributed by atoms with van der Waals surface area (Å²) < 4.78 is 34.1. The molecule has 1 aliphatic rings. The lowest BCUT2D eigenvalue weighted by molar-refractivity contribution is 0.295. The average Bonchev–Trinajstić information content (AvgIpc) is 3.11. The van der Waals surface area contributed by atoms with Crippen LogP contribution in [0.25, 0.3) is 5.69 Å². The second kappa shape index (κ2) is 7.06. The third-order valence-electron chi connectivity index (χ3n) is 4.42. The predicted molar refractivity (Wildman–Crippen MR) is 91.9 cm³/mol. The molecular formula is C15H22N6O3S. The first-order valence-electron chi connectivity index (χ1n) is 8.04. The second-order valence-electron chi connectivity index (χ2n) is 6.11. The Morgan fingerprint density at radius 1 is 1.16 bits per heavy atom. The van der Waals surface area contributed by atoms with Crippen molar-refractivity contribution >= 4 is 10.2 Å². The van der Waals surface area contributed by atoms with Gasteiger partial charge < -0.3 is 4.74 Å². The molecule has 10 heteroatoms. The van der Waals surface area contributed by atoms with Crippen molar-refractivity contribution in [3.8, 4) is 11.4 Å². The zero-order valence-corrected chi connectivity index (χ0v) is 15.3. The van der Waals surface area contributed by atoms with Gasteiger partial charge in [-0.15, -0.1) is 5.10 Å². The first-order valence-corrected chi connectivity index (χ1v) is 9.43. The van der Waals surface area contributed by atoms with E-state index in [1.165, 1.54) is 8.61 Å². The molecule has 0 bridgehead atoms. The Balaban J connectivity index is 1.76.